The van der Waals surface area contributed by atoms with E-state index in [4.69, 9.17) is 22.1 Å². The lowest BCUT2D eigenvalue weighted by Gasteiger charge is -2.25. The predicted molar refractivity (Wildman–Crippen MR) is 105 cm³/mol. The van der Waals surface area contributed by atoms with E-state index in [2.05, 4.69) is 4.98 Å². The smallest absolute Gasteiger partial charge is 0.410 e. The molecule has 7 nitrogen and oxygen atoms in total. The van der Waals surface area contributed by atoms with Gasteiger partial charge >= 0.3 is 6.09 Å². The minimum absolute atomic E-state index is 0.181. The summed E-state index contributed by atoms with van der Waals surface area (Å²) in [6.45, 7) is 6.78. The van der Waals surface area contributed by atoms with Crippen LogP contribution in [0.15, 0.2) is 23.0 Å². The van der Waals surface area contributed by atoms with Crippen molar-refractivity contribution in [2.75, 3.05) is 19.6 Å². The Labute approximate surface area is 163 Å². The van der Waals surface area contributed by atoms with Crippen molar-refractivity contribution >= 4 is 28.6 Å². The van der Waals surface area contributed by atoms with Crippen molar-refractivity contribution < 1.29 is 9.53 Å². The highest BCUT2D eigenvalue weighted by molar-refractivity contribution is 6.35. The Bertz CT molecular complexity index is 920. The zero-order chi connectivity index (χ0) is 19.8. The third kappa shape index (κ3) is 4.09. The van der Waals surface area contributed by atoms with Crippen LogP contribution >= 0.6 is 11.6 Å². The van der Waals surface area contributed by atoms with Crippen molar-refractivity contribution in [3.63, 3.8) is 0 Å². The van der Waals surface area contributed by atoms with E-state index in [1.165, 1.54) is 0 Å². The van der Waals surface area contributed by atoms with E-state index in [0.717, 1.165) is 0 Å². The number of nitrogens with zero attached hydrogens (tertiary/aromatic N) is 3. The monoisotopic (exact) mass is 392 g/mol. The fraction of sp³-hybridized carbons (Fsp3) is 0.526. The molecule has 1 fully saturated rings. The number of hydrogen-bond donors (Lipinski definition) is 1. The molecular weight excluding hydrogens is 368 g/mol. The standard InChI is InChI=1S/C19H25ClN4O3/c1-19(2,3)27-18(26)23-10-8-12(11-23)24-15(7-9-21)22-14-6-4-5-13(20)16(14)17(24)25/h4-6,12H,7-11,21H2,1-3H3. The van der Waals surface area contributed by atoms with Crippen molar-refractivity contribution in [1.29, 1.82) is 0 Å². The molecule has 3 rings (SSSR count). The lowest BCUT2D eigenvalue weighted by atomic mass is 10.2. The highest BCUT2D eigenvalue weighted by Crippen LogP contribution is 2.26. The molecule has 27 heavy (non-hydrogen) atoms. The van der Waals surface area contributed by atoms with Crippen molar-refractivity contribution in [1.82, 2.24) is 14.5 Å². The molecule has 1 aliphatic heterocycles. The summed E-state index contributed by atoms with van der Waals surface area (Å²) in [5, 5.41) is 0.774. The van der Waals surface area contributed by atoms with Gasteiger partial charge < -0.3 is 15.4 Å². The first-order valence-electron chi connectivity index (χ1n) is 9.09. The zero-order valence-corrected chi connectivity index (χ0v) is 16.6. The predicted octanol–water partition coefficient (Wildman–Crippen LogP) is 2.73. The highest BCUT2D eigenvalue weighted by Gasteiger charge is 2.32. The fourth-order valence-electron chi connectivity index (χ4n) is 3.38. The molecule has 2 N–H and O–H groups in total. The number of amides is 1. The van der Waals surface area contributed by atoms with Crippen molar-refractivity contribution in [3.05, 3.63) is 39.4 Å². The lowest BCUT2D eigenvalue weighted by molar-refractivity contribution is 0.0288. The number of fused-ring (bicyclic) bond motifs is 1. The van der Waals surface area contributed by atoms with Gasteiger partial charge in [0.15, 0.2) is 0 Å². The van der Waals surface area contributed by atoms with Crippen LogP contribution in [0.25, 0.3) is 10.9 Å². The van der Waals surface area contributed by atoms with E-state index in [9.17, 15) is 9.59 Å². The number of rotatable bonds is 3. The molecule has 1 aliphatic rings. The summed E-state index contributed by atoms with van der Waals surface area (Å²) in [6.07, 6.45) is 0.750. The average molecular weight is 393 g/mol. The third-order valence-electron chi connectivity index (χ3n) is 4.50. The molecule has 0 radical (unpaired) electrons. The third-order valence-corrected chi connectivity index (χ3v) is 4.82. The van der Waals surface area contributed by atoms with Crippen LogP contribution in [-0.2, 0) is 11.2 Å². The van der Waals surface area contributed by atoms with Gasteiger partial charge in [-0.05, 0) is 45.9 Å². The van der Waals surface area contributed by atoms with Gasteiger partial charge in [-0.15, -0.1) is 0 Å². The van der Waals surface area contributed by atoms with Crippen molar-refractivity contribution in [2.24, 2.45) is 5.73 Å². The fourth-order valence-corrected chi connectivity index (χ4v) is 3.63. The first-order valence-corrected chi connectivity index (χ1v) is 9.46. The topological polar surface area (TPSA) is 90.4 Å². The largest absolute Gasteiger partial charge is 0.444 e. The summed E-state index contributed by atoms with van der Waals surface area (Å²) in [6, 6.07) is 5.05. The summed E-state index contributed by atoms with van der Waals surface area (Å²) in [5.41, 5.74) is 5.54. The Kier molecular flexibility index (Phi) is 5.44. The normalized spacial score (nSPS) is 17.5. The number of ether oxygens (including phenoxy) is 1. The van der Waals surface area contributed by atoms with Crippen LogP contribution in [0.1, 0.15) is 39.1 Å². The number of benzene rings is 1. The summed E-state index contributed by atoms with van der Waals surface area (Å²) < 4.78 is 7.10. The zero-order valence-electron chi connectivity index (χ0n) is 15.9. The van der Waals surface area contributed by atoms with Gasteiger partial charge in [-0.2, -0.15) is 0 Å². The van der Waals surface area contributed by atoms with Gasteiger partial charge in [0.05, 0.1) is 22.0 Å². The van der Waals surface area contributed by atoms with Gasteiger partial charge in [-0.3, -0.25) is 9.36 Å². The number of halogens is 1. The molecule has 146 valence electrons. The Morgan fingerprint density at radius 2 is 2.15 bits per heavy atom. The van der Waals surface area contributed by atoms with E-state index in [1.54, 1.807) is 27.7 Å². The SMILES string of the molecule is CC(C)(C)OC(=O)N1CCC(n2c(CCN)nc3cccc(Cl)c3c2=O)C1. The molecule has 1 saturated heterocycles. The molecule has 1 atom stereocenters. The Hall–Kier alpha value is -2.12. The van der Waals surface area contributed by atoms with Crippen LogP contribution in [0.5, 0.6) is 0 Å². The first-order chi connectivity index (χ1) is 12.7. The number of hydrogen-bond acceptors (Lipinski definition) is 5. The maximum absolute atomic E-state index is 13.2. The summed E-state index contributed by atoms with van der Waals surface area (Å²) in [7, 11) is 0. The number of carbonyl (C=O) groups is 1. The van der Waals surface area contributed by atoms with Crippen LogP contribution in [0, 0.1) is 0 Å². The van der Waals surface area contributed by atoms with Gasteiger partial charge in [0.25, 0.3) is 5.56 Å². The van der Waals surface area contributed by atoms with Gasteiger partial charge in [-0.25, -0.2) is 9.78 Å². The Morgan fingerprint density at radius 3 is 2.81 bits per heavy atom. The van der Waals surface area contributed by atoms with Gasteiger partial charge in [0.2, 0.25) is 0 Å². The second-order valence-electron chi connectivity index (χ2n) is 7.74. The number of carbonyl (C=O) groups excluding carboxylic acids is 1. The molecule has 1 aromatic carbocycles. The second-order valence-corrected chi connectivity index (χ2v) is 8.15. The van der Waals surface area contributed by atoms with E-state index in [1.807, 2.05) is 20.8 Å². The van der Waals surface area contributed by atoms with Gasteiger partial charge in [0, 0.05) is 19.5 Å². The van der Waals surface area contributed by atoms with Crippen molar-refractivity contribution in [3.8, 4) is 0 Å². The van der Waals surface area contributed by atoms with E-state index >= 15 is 0 Å². The van der Waals surface area contributed by atoms with Crippen LogP contribution in [0.2, 0.25) is 5.02 Å². The number of likely N-dealkylation sites (tertiary alicyclic amines) is 1. The van der Waals surface area contributed by atoms with Crippen LogP contribution < -0.4 is 11.3 Å². The van der Waals surface area contributed by atoms with E-state index in [-0.39, 0.29) is 17.7 Å². The molecule has 1 aromatic heterocycles. The highest BCUT2D eigenvalue weighted by atomic mass is 35.5. The summed E-state index contributed by atoms with van der Waals surface area (Å²) in [5.74, 6) is 0.619. The lowest BCUT2D eigenvalue weighted by Crippen LogP contribution is -2.37. The van der Waals surface area contributed by atoms with Crippen LogP contribution in [-0.4, -0.2) is 45.8 Å². The maximum atomic E-state index is 13.2. The quantitative estimate of drug-likeness (QED) is 0.867. The van der Waals surface area contributed by atoms with E-state index in [0.29, 0.717) is 54.2 Å². The molecule has 0 saturated carbocycles. The van der Waals surface area contributed by atoms with Crippen LogP contribution in [0.3, 0.4) is 0 Å². The average Bonchev–Trinajstić information content (AvgIpc) is 3.03. The minimum atomic E-state index is -0.561. The van der Waals surface area contributed by atoms with Crippen LogP contribution in [0.4, 0.5) is 4.79 Å². The molecule has 0 bridgehead atoms. The van der Waals surface area contributed by atoms with Gasteiger partial charge in [0.1, 0.15) is 11.4 Å². The molecule has 0 spiro atoms. The molecule has 2 heterocycles. The number of nitrogens with two attached hydrogens (primary N) is 1. The van der Waals surface area contributed by atoms with E-state index < -0.39 is 5.60 Å². The maximum Gasteiger partial charge on any atom is 0.410 e. The summed E-state index contributed by atoms with van der Waals surface area (Å²) >= 11 is 6.26. The molecular formula is C19H25ClN4O3. The molecule has 1 amide bonds. The molecule has 0 aliphatic carbocycles. The molecule has 8 heteroatoms. The molecule has 2 aromatic rings. The minimum Gasteiger partial charge on any atom is -0.444 e. The Balaban J connectivity index is 1.98. The number of aromatic nitrogens is 2. The first kappa shape index (κ1) is 19.6. The van der Waals surface area contributed by atoms with Gasteiger partial charge in [-0.1, -0.05) is 17.7 Å². The van der Waals surface area contributed by atoms with Crippen molar-refractivity contribution in [2.45, 2.75) is 45.3 Å². The summed E-state index contributed by atoms with van der Waals surface area (Å²) in [4.78, 5) is 31.8. The second kappa shape index (κ2) is 7.48. The molecule has 1 unspecified atom stereocenters. The Morgan fingerprint density at radius 1 is 1.41 bits per heavy atom.